The van der Waals surface area contributed by atoms with E-state index in [2.05, 4.69) is 10.2 Å². The van der Waals surface area contributed by atoms with Crippen LogP contribution in [-0.4, -0.2) is 40.1 Å². The van der Waals surface area contributed by atoms with Crippen molar-refractivity contribution in [2.45, 2.75) is 26.3 Å². The van der Waals surface area contributed by atoms with E-state index in [9.17, 15) is 9.59 Å². The molecule has 0 bridgehead atoms. The van der Waals surface area contributed by atoms with Crippen molar-refractivity contribution in [1.29, 1.82) is 5.26 Å². The Morgan fingerprint density at radius 3 is 3.05 bits per heavy atom. The van der Waals surface area contributed by atoms with Gasteiger partial charge in [-0.15, -0.1) is 0 Å². The van der Waals surface area contributed by atoms with Crippen molar-refractivity contribution >= 4 is 11.9 Å². The van der Waals surface area contributed by atoms with Gasteiger partial charge in [-0.25, -0.2) is 4.79 Å². The fraction of sp³-hybridized carbons (Fsp3) is 0.500. The molecule has 0 atom stereocenters. The summed E-state index contributed by atoms with van der Waals surface area (Å²) in [6, 6.07) is 1.83. The number of hydrogen-bond donors (Lipinski definition) is 1. The summed E-state index contributed by atoms with van der Waals surface area (Å²) in [4.78, 5) is 25.0. The van der Waals surface area contributed by atoms with E-state index in [1.165, 1.54) is 0 Å². The SMILES string of the molecule is CCOC(=O)c1n[nH]c2c1CN(C(=O)CC#N)CC2. The molecule has 0 saturated carbocycles. The molecule has 0 unspecified atom stereocenters. The van der Waals surface area contributed by atoms with Gasteiger partial charge in [0.1, 0.15) is 6.42 Å². The highest BCUT2D eigenvalue weighted by molar-refractivity contribution is 5.89. The van der Waals surface area contributed by atoms with Crippen LogP contribution in [0.2, 0.25) is 0 Å². The molecule has 1 amide bonds. The highest BCUT2D eigenvalue weighted by Gasteiger charge is 2.28. The molecule has 0 fully saturated rings. The molecular formula is C12H14N4O3. The number of carbonyl (C=O) groups excluding carboxylic acids is 2. The molecule has 19 heavy (non-hydrogen) atoms. The van der Waals surface area contributed by atoms with E-state index in [4.69, 9.17) is 10.00 Å². The van der Waals surface area contributed by atoms with Crippen LogP contribution in [0.15, 0.2) is 0 Å². The van der Waals surface area contributed by atoms with Crippen molar-refractivity contribution in [3.8, 4) is 6.07 Å². The standard InChI is InChI=1S/C12H14N4O3/c1-2-19-12(18)11-8-7-16(10(17)3-5-13)6-4-9(8)14-15-11/h2-4,6-7H2,1H3,(H,14,15). The van der Waals surface area contributed by atoms with Gasteiger partial charge in [-0.3, -0.25) is 9.89 Å². The second-order valence-corrected chi connectivity index (χ2v) is 4.15. The minimum absolute atomic E-state index is 0.151. The van der Waals surface area contributed by atoms with E-state index >= 15 is 0 Å². The van der Waals surface area contributed by atoms with E-state index in [0.29, 0.717) is 25.1 Å². The van der Waals surface area contributed by atoms with E-state index < -0.39 is 5.97 Å². The topological polar surface area (TPSA) is 99.1 Å². The summed E-state index contributed by atoms with van der Waals surface area (Å²) in [6.07, 6.45) is 0.445. The third-order valence-electron chi connectivity index (χ3n) is 2.99. The second kappa shape index (κ2) is 5.52. The predicted octanol–water partition coefficient (Wildman–Crippen LogP) is 0.385. The number of aromatic nitrogens is 2. The fourth-order valence-corrected chi connectivity index (χ4v) is 2.06. The van der Waals surface area contributed by atoms with Crippen LogP contribution in [-0.2, 0) is 22.5 Å². The van der Waals surface area contributed by atoms with Crippen molar-refractivity contribution in [2.24, 2.45) is 0 Å². The first-order valence-corrected chi connectivity index (χ1v) is 6.05. The Bertz CT molecular complexity index is 544. The van der Waals surface area contributed by atoms with Gasteiger partial charge in [0.2, 0.25) is 5.91 Å². The van der Waals surface area contributed by atoms with Gasteiger partial charge < -0.3 is 9.64 Å². The zero-order valence-electron chi connectivity index (χ0n) is 10.6. The molecule has 2 rings (SSSR count). The number of H-pyrrole nitrogens is 1. The average Bonchev–Trinajstić information content (AvgIpc) is 2.82. The molecule has 1 aromatic heterocycles. The van der Waals surface area contributed by atoms with Crippen LogP contribution in [0.3, 0.4) is 0 Å². The molecule has 0 spiro atoms. The molecule has 0 radical (unpaired) electrons. The minimum Gasteiger partial charge on any atom is -0.461 e. The van der Waals surface area contributed by atoms with Gasteiger partial charge in [0.25, 0.3) is 0 Å². The number of nitrogens with zero attached hydrogens (tertiary/aromatic N) is 3. The quantitative estimate of drug-likeness (QED) is 0.794. The van der Waals surface area contributed by atoms with Crippen LogP contribution in [0.5, 0.6) is 0 Å². The first-order valence-electron chi connectivity index (χ1n) is 6.05. The number of nitrogens with one attached hydrogen (secondary N) is 1. The minimum atomic E-state index is -0.491. The first kappa shape index (κ1) is 13.1. The molecule has 7 heteroatoms. The largest absolute Gasteiger partial charge is 0.461 e. The zero-order valence-corrected chi connectivity index (χ0v) is 10.6. The Hall–Kier alpha value is -2.36. The van der Waals surface area contributed by atoms with Gasteiger partial charge in [0, 0.05) is 30.8 Å². The van der Waals surface area contributed by atoms with Crippen molar-refractivity contribution in [3.05, 3.63) is 17.0 Å². The summed E-state index contributed by atoms with van der Waals surface area (Å²) in [5.41, 5.74) is 1.77. The molecule has 1 aromatic rings. The lowest BCUT2D eigenvalue weighted by atomic mass is 10.0. The Labute approximate surface area is 110 Å². The van der Waals surface area contributed by atoms with Crippen LogP contribution in [0.4, 0.5) is 0 Å². The molecule has 2 heterocycles. The molecule has 0 aliphatic carbocycles. The van der Waals surface area contributed by atoms with Gasteiger partial charge in [0.05, 0.1) is 12.7 Å². The molecule has 1 aliphatic heterocycles. The number of amides is 1. The Morgan fingerprint density at radius 2 is 2.37 bits per heavy atom. The highest BCUT2D eigenvalue weighted by Crippen LogP contribution is 2.21. The van der Waals surface area contributed by atoms with Crippen LogP contribution >= 0.6 is 0 Å². The fourth-order valence-electron chi connectivity index (χ4n) is 2.06. The summed E-state index contributed by atoms with van der Waals surface area (Å²) in [6.45, 7) is 2.82. The summed E-state index contributed by atoms with van der Waals surface area (Å²) in [7, 11) is 0. The van der Waals surface area contributed by atoms with Crippen LogP contribution < -0.4 is 0 Å². The van der Waals surface area contributed by atoms with Gasteiger partial charge in [-0.1, -0.05) is 0 Å². The van der Waals surface area contributed by atoms with E-state index in [-0.39, 0.29) is 24.6 Å². The maximum atomic E-state index is 11.7. The lowest BCUT2D eigenvalue weighted by Crippen LogP contribution is -2.36. The summed E-state index contributed by atoms with van der Waals surface area (Å²) in [5.74, 6) is -0.723. The summed E-state index contributed by atoms with van der Waals surface area (Å²) < 4.78 is 4.92. The monoisotopic (exact) mass is 262 g/mol. The molecule has 1 N–H and O–H groups in total. The van der Waals surface area contributed by atoms with Crippen LogP contribution in [0, 0.1) is 11.3 Å². The maximum Gasteiger partial charge on any atom is 0.359 e. The first-order chi connectivity index (χ1) is 9.17. The van der Waals surface area contributed by atoms with Crippen molar-refractivity contribution < 1.29 is 14.3 Å². The van der Waals surface area contributed by atoms with Gasteiger partial charge >= 0.3 is 5.97 Å². The van der Waals surface area contributed by atoms with Gasteiger partial charge in [-0.2, -0.15) is 10.4 Å². The Kier molecular flexibility index (Phi) is 3.80. The van der Waals surface area contributed by atoms with Gasteiger partial charge in [0.15, 0.2) is 5.69 Å². The van der Waals surface area contributed by atoms with Crippen molar-refractivity contribution in [2.75, 3.05) is 13.2 Å². The number of rotatable bonds is 3. The number of esters is 1. The van der Waals surface area contributed by atoms with Crippen molar-refractivity contribution in [1.82, 2.24) is 15.1 Å². The van der Waals surface area contributed by atoms with Gasteiger partial charge in [-0.05, 0) is 6.92 Å². The Morgan fingerprint density at radius 1 is 1.58 bits per heavy atom. The smallest absolute Gasteiger partial charge is 0.359 e. The lowest BCUT2D eigenvalue weighted by Gasteiger charge is -2.26. The summed E-state index contributed by atoms with van der Waals surface area (Å²) in [5, 5.41) is 15.3. The lowest BCUT2D eigenvalue weighted by molar-refractivity contribution is -0.131. The normalized spacial score (nSPS) is 13.6. The van der Waals surface area contributed by atoms with E-state index in [0.717, 1.165) is 5.69 Å². The molecule has 0 saturated heterocycles. The third kappa shape index (κ3) is 2.57. The maximum absolute atomic E-state index is 11.7. The number of fused-ring (bicyclic) bond motifs is 1. The summed E-state index contributed by atoms with van der Waals surface area (Å²) >= 11 is 0. The van der Waals surface area contributed by atoms with Crippen molar-refractivity contribution in [3.63, 3.8) is 0 Å². The van der Waals surface area contributed by atoms with E-state index in [1.807, 2.05) is 6.07 Å². The highest BCUT2D eigenvalue weighted by atomic mass is 16.5. The zero-order chi connectivity index (χ0) is 13.8. The number of carbonyl (C=O) groups is 2. The molecule has 1 aliphatic rings. The number of nitriles is 1. The third-order valence-corrected chi connectivity index (χ3v) is 2.99. The number of ether oxygens (including phenoxy) is 1. The molecule has 0 aromatic carbocycles. The van der Waals surface area contributed by atoms with Crippen LogP contribution in [0.1, 0.15) is 35.1 Å². The number of hydrogen-bond acceptors (Lipinski definition) is 5. The van der Waals surface area contributed by atoms with E-state index in [1.54, 1.807) is 11.8 Å². The average molecular weight is 262 g/mol. The second-order valence-electron chi connectivity index (χ2n) is 4.15. The predicted molar refractivity (Wildman–Crippen MR) is 63.9 cm³/mol. The Balaban J connectivity index is 2.19. The van der Waals surface area contributed by atoms with Crippen LogP contribution in [0.25, 0.3) is 0 Å². The molecule has 100 valence electrons. The molecular weight excluding hydrogens is 248 g/mol. The number of aromatic amines is 1. The molecule has 7 nitrogen and oxygen atoms in total.